The van der Waals surface area contributed by atoms with Crippen molar-refractivity contribution in [1.29, 1.82) is 0 Å². The fourth-order valence-electron chi connectivity index (χ4n) is 4.42. The van der Waals surface area contributed by atoms with Crippen molar-refractivity contribution in [3.63, 3.8) is 0 Å². The Bertz CT molecular complexity index is 551. The van der Waals surface area contributed by atoms with Gasteiger partial charge in [0.25, 0.3) is 0 Å². The predicted octanol–water partition coefficient (Wildman–Crippen LogP) is 4.16. The molecule has 1 saturated carbocycles. The predicted molar refractivity (Wildman–Crippen MR) is 101 cm³/mol. The van der Waals surface area contributed by atoms with Gasteiger partial charge in [-0.15, -0.1) is 12.4 Å². The number of carbonyl (C=O) groups excluding carboxylic acids is 1. The molecule has 1 amide bonds. The first kappa shape index (κ1) is 20.2. The van der Waals surface area contributed by atoms with E-state index in [2.05, 4.69) is 17.6 Å². The second-order valence-electron chi connectivity index (χ2n) is 7.61. The fraction of sp³-hybridized carbons (Fsp3) is 0.650. The number of carbonyl (C=O) groups is 1. The van der Waals surface area contributed by atoms with Crippen LogP contribution in [0.4, 0.5) is 4.39 Å². The third-order valence-corrected chi connectivity index (χ3v) is 5.93. The third kappa shape index (κ3) is 4.95. The Balaban J connectivity index is 0.00000225. The van der Waals surface area contributed by atoms with Crippen LogP contribution < -0.4 is 10.6 Å². The van der Waals surface area contributed by atoms with E-state index in [1.54, 1.807) is 0 Å². The number of hydrogen-bond acceptors (Lipinski definition) is 2. The molecule has 0 radical (unpaired) electrons. The molecule has 1 saturated heterocycles. The molecule has 1 heterocycles. The first-order chi connectivity index (χ1) is 11.6. The summed E-state index contributed by atoms with van der Waals surface area (Å²) < 4.78 is 13.2. The van der Waals surface area contributed by atoms with Crippen LogP contribution in [0, 0.1) is 17.7 Å². The number of amides is 1. The Morgan fingerprint density at radius 2 is 1.84 bits per heavy atom. The minimum Gasteiger partial charge on any atom is -0.347 e. The van der Waals surface area contributed by atoms with Crippen LogP contribution in [0.5, 0.6) is 0 Å². The Morgan fingerprint density at radius 1 is 1.24 bits per heavy atom. The topological polar surface area (TPSA) is 41.1 Å². The number of halogens is 2. The van der Waals surface area contributed by atoms with Gasteiger partial charge in [0.15, 0.2) is 0 Å². The SMILES string of the molecule is CC(CC(=O)NC1(c2ccc(F)cc2)CCCC1)C1CCNCC1.Cl. The molecule has 0 spiro atoms. The van der Waals surface area contributed by atoms with Crippen molar-refractivity contribution in [3.05, 3.63) is 35.6 Å². The quantitative estimate of drug-likeness (QED) is 0.819. The van der Waals surface area contributed by atoms with E-state index in [0.29, 0.717) is 18.3 Å². The maximum absolute atomic E-state index is 13.2. The largest absolute Gasteiger partial charge is 0.347 e. The number of hydrogen-bond donors (Lipinski definition) is 2. The highest BCUT2D eigenvalue weighted by atomic mass is 35.5. The summed E-state index contributed by atoms with van der Waals surface area (Å²) in [4.78, 5) is 12.7. The van der Waals surface area contributed by atoms with Gasteiger partial charge in [-0.1, -0.05) is 31.9 Å². The molecule has 1 aromatic carbocycles. The zero-order valence-electron chi connectivity index (χ0n) is 15.0. The lowest BCUT2D eigenvalue weighted by molar-refractivity contribution is -0.124. The van der Waals surface area contributed by atoms with Crippen LogP contribution in [0.25, 0.3) is 0 Å². The van der Waals surface area contributed by atoms with Gasteiger partial charge in [0.2, 0.25) is 5.91 Å². The van der Waals surface area contributed by atoms with Crippen molar-refractivity contribution < 1.29 is 9.18 Å². The van der Waals surface area contributed by atoms with Gasteiger partial charge in [-0.05, 0) is 68.3 Å². The van der Waals surface area contributed by atoms with E-state index in [4.69, 9.17) is 0 Å². The van der Waals surface area contributed by atoms with E-state index in [0.717, 1.165) is 57.2 Å². The highest BCUT2D eigenvalue weighted by Gasteiger charge is 2.37. The molecule has 2 aliphatic rings. The van der Waals surface area contributed by atoms with E-state index in [1.165, 1.54) is 12.1 Å². The molecule has 3 nitrogen and oxygen atoms in total. The Kier molecular flexibility index (Phi) is 7.26. The van der Waals surface area contributed by atoms with Crippen molar-refractivity contribution in [3.8, 4) is 0 Å². The minimum absolute atomic E-state index is 0. The molecule has 0 aromatic heterocycles. The summed E-state index contributed by atoms with van der Waals surface area (Å²) in [7, 11) is 0. The summed E-state index contributed by atoms with van der Waals surface area (Å²) in [6, 6.07) is 6.66. The molecule has 5 heteroatoms. The normalized spacial score (nSPS) is 21.4. The summed E-state index contributed by atoms with van der Waals surface area (Å²) in [5, 5.41) is 6.70. The molecule has 1 aliphatic heterocycles. The van der Waals surface area contributed by atoms with Gasteiger partial charge in [-0.3, -0.25) is 4.79 Å². The Labute approximate surface area is 156 Å². The second kappa shape index (κ2) is 9.00. The van der Waals surface area contributed by atoms with Gasteiger partial charge < -0.3 is 10.6 Å². The monoisotopic (exact) mass is 368 g/mol. The lowest BCUT2D eigenvalue weighted by Gasteiger charge is -2.33. The maximum Gasteiger partial charge on any atom is 0.220 e. The van der Waals surface area contributed by atoms with Gasteiger partial charge in [0.05, 0.1) is 5.54 Å². The van der Waals surface area contributed by atoms with Crippen LogP contribution in [-0.2, 0) is 10.3 Å². The number of rotatable bonds is 5. The van der Waals surface area contributed by atoms with Crippen LogP contribution in [-0.4, -0.2) is 19.0 Å². The first-order valence-corrected chi connectivity index (χ1v) is 9.37. The molecule has 1 aromatic rings. The van der Waals surface area contributed by atoms with Crippen LogP contribution in [0.1, 0.15) is 57.4 Å². The summed E-state index contributed by atoms with van der Waals surface area (Å²) in [5.41, 5.74) is 0.753. The average molecular weight is 369 g/mol. The lowest BCUT2D eigenvalue weighted by atomic mass is 9.83. The molecule has 140 valence electrons. The van der Waals surface area contributed by atoms with Crippen LogP contribution in [0.3, 0.4) is 0 Å². The minimum atomic E-state index is -0.293. The number of benzene rings is 1. The molecule has 25 heavy (non-hydrogen) atoms. The van der Waals surface area contributed by atoms with Crippen LogP contribution in [0.2, 0.25) is 0 Å². The van der Waals surface area contributed by atoms with Crippen LogP contribution >= 0.6 is 12.4 Å². The maximum atomic E-state index is 13.2. The molecule has 1 unspecified atom stereocenters. The first-order valence-electron chi connectivity index (χ1n) is 9.37. The Morgan fingerprint density at radius 3 is 2.44 bits per heavy atom. The van der Waals surface area contributed by atoms with Crippen molar-refractivity contribution in [2.75, 3.05) is 13.1 Å². The second-order valence-corrected chi connectivity index (χ2v) is 7.61. The molecular formula is C20H30ClFN2O. The summed E-state index contributed by atoms with van der Waals surface area (Å²) in [6.45, 7) is 4.33. The zero-order chi connectivity index (χ0) is 17.0. The smallest absolute Gasteiger partial charge is 0.220 e. The molecule has 1 aliphatic carbocycles. The van der Waals surface area contributed by atoms with Gasteiger partial charge in [-0.2, -0.15) is 0 Å². The average Bonchev–Trinajstić information content (AvgIpc) is 3.05. The van der Waals surface area contributed by atoms with Crippen molar-refractivity contribution >= 4 is 18.3 Å². The van der Waals surface area contributed by atoms with Gasteiger partial charge in [-0.25, -0.2) is 4.39 Å². The molecular weight excluding hydrogens is 339 g/mol. The third-order valence-electron chi connectivity index (χ3n) is 5.93. The zero-order valence-corrected chi connectivity index (χ0v) is 15.8. The standard InChI is InChI=1S/C20H29FN2O.ClH/c1-15(16-8-12-22-13-9-16)14-19(24)23-20(10-2-3-11-20)17-4-6-18(21)7-5-17;/h4-7,15-16,22H,2-3,8-14H2,1H3,(H,23,24);1H. The van der Waals surface area contributed by atoms with Gasteiger partial charge in [0.1, 0.15) is 5.82 Å². The molecule has 2 fully saturated rings. The van der Waals surface area contributed by atoms with Crippen molar-refractivity contribution in [2.24, 2.45) is 11.8 Å². The highest BCUT2D eigenvalue weighted by molar-refractivity contribution is 5.85. The fourth-order valence-corrected chi connectivity index (χ4v) is 4.42. The van der Waals surface area contributed by atoms with E-state index in [1.807, 2.05) is 12.1 Å². The highest BCUT2D eigenvalue weighted by Crippen LogP contribution is 2.39. The Hall–Kier alpha value is -1.13. The molecule has 0 bridgehead atoms. The number of piperidine rings is 1. The van der Waals surface area contributed by atoms with Gasteiger partial charge in [0, 0.05) is 6.42 Å². The molecule has 3 rings (SSSR count). The van der Waals surface area contributed by atoms with Crippen molar-refractivity contribution in [2.45, 2.75) is 57.4 Å². The summed E-state index contributed by atoms with van der Waals surface area (Å²) in [6.07, 6.45) is 7.05. The lowest BCUT2D eigenvalue weighted by Crippen LogP contribution is -2.44. The summed E-state index contributed by atoms with van der Waals surface area (Å²) in [5.74, 6) is 0.978. The van der Waals surface area contributed by atoms with Gasteiger partial charge >= 0.3 is 0 Å². The van der Waals surface area contributed by atoms with E-state index in [-0.39, 0.29) is 29.7 Å². The molecule has 1 atom stereocenters. The van der Waals surface area contributed by atoms with E-state index >= 15 is 0 Å². The summed E-state index contributed by atoms with van der Waals surface area (Å²) >= 11 is 0. The van der Waals surface area contributed by atoms with E-state index < -0.39 is 0 Å². The number of nitrogens with one attached hydrogen (secondary N) is 2. The van der Waals surface area contributed by atoms with Crippen molar-refractivity contribution in [1.82, 2.24) is 10.6 Å². The van der Waals surface area contributed by atoms with E-state index in [9.17, 15) is 9.18 Å². The molecule has 2 N–H and O–H groups in total. The van der Waals surface area contributed by atoms with Crippen LogP contribution in [0.15, 0.2) is 24.3 Å².